The number of hydrogen-bond acceptors (Lipinski definition) is 8. The number of anilines is 1. The van der Waals surface area contributed by atoms with Gasteiger partial charge in [-0.3, -0.25) is 9.59 Å². The van der Waals surface area contributed by atoms with Crippen molar-refractivity contribution in [3.63, 3.8) is 0 Å². The van der Waals surface area contributed by atoms with Crippen LogP contribution in [0.1, 0.15) is 45.0 Å². The van der Waals surface area contributed by atoms with Gasteiger partial charge in [-0.2, -0.15) is 0 Å². The Bertz CT molecular complexity index is 1610. The lowest BCUT2D eigenvalue weighted by Gasteiger charge is -2.63. The first-order chi connectivity index (χ1) is 21.4. The van der Waals surface area contributed by atoms with Crippen LogP contribution in [0.5, 0.6) is 11.5 Å². The molecule has 1 heterocycles. The second-order valence-corrected chi connectivity index (χ2v) is 13.4. The highest BCUT2D eigenvalue weighted by molar-refractivity contribution is 6.01. The lowest BCUT2D eigenvalue weighted by molar-refractivity contribution is -0.235. The SMILES string of the molecule is CNc1cccc(Oc2ccc(C3O[C@@H]4C[C@H]5[C@@H]6C[C@H](F)C7=CC(=O)C=C[C@]7(C)[C@@]6(F)[C@@H](O)C[C@]5(C)[C@]4(C(=O)CO)O3)cc2)c1. The van der Waals surface area contributed by atoms with Crippen molar-refractivity contribution in [2.45, 2.75) is 69.0 Å². The molecule has 0 radical (unpaired) electrons. The van der Waals surface area contributed by atoms with Crippen molar-refractivity contribution in [3.05, 3.63) is 77.9 Å². The monoisotopic (exact) mass is 621 g/mol. The second kappa shape index (κ2) is 10.3. The fourth-order valence-electron chi connectivity index (χ4n) is 9.26. The molecule has 1 aliphatic heterocycles. The molecule has 0 spiro atoms. The van der Waals surface area contributed by atoms with Crippen molar-refractivity contribution in [2.75, 3.05) is 19.0 Å². The minimum atomic E-state index is -2.30. The smallest absolute Gasteiger partial charge is 0.193 e. The molecule has 0 bridgehead atoms. The average Bonchev–Trinajstić information content (AvgIpc) is 3.53. The summed E-state index contributed by atoms with van der Waals surface area (Å²) >= 11 is 0. The number of fused-ring (bicyclic) bond motifs is 7. The molecule has 1 saturated heterocycles. The van der Waals surface area contributed by atoms with Crippen LogP contribution in [-0.2, 0) is 19.1 Å². The predicted octanol–water partition coefficient (Wildman–Crippen LogP) is 5.16. The summed E-state index contributed by atoms with van der Waals surface area (Å²) in [6, 6.07) is 14.5. The van der Waals surface area contributed by atoms with Crippen LogP contribution in [0.15, 0.2) is 72.3 Å². The molecule has 238 valence electrons. The molecule has 4 fully saturated rings. The number of aliphatic hydroxyl groups is 2. The highest BCUT2D eigenvalue weighted by atomic mass is 19.1. The summed E-state index contributed by atoms with van der Waals surface area (Å²) in [6.45, 7) is 2.46. The predicted molar refractivity (Wildman–Crippen MR) is 160 cm³/mol. The van der Waals surface area contributed by atoms with Crippen LogP contribution in [0.2, 0.25) is 0 Å². The number of nitrogens with one attached hydrogen (secondary N) is 1. The Kier molecular flexibility index (Phi) is 6.91. The first-order valence-electron chi connectivity index (χ1n) is 15.4. The summed E-state index contributed by atoms with van der Waals surface area (Å²) in [5.74, 6) is -1.43. The zero-order valence-corrected chi connectivity index (χ0v) is 25.3. The largest absolute Gasteiger partial charge is 0.457 e. The third-order valence-electron chi connectivity index (χ3n) is 11.4. The summed E-state index contributed by atoms with van der Waals surface area (Å²) in [4.78, 5) is 25.8. The number of alkyl halides is 2. The van der Waals surface area contributed by atoms with E-state index in [1.54, 1.807) is 31.2 Å². The summed E-state index contributed by atoms with van der Waals surface area (Å²) in [6.07, 6.45) is -1.54. The number of aliphatic hydroxyl groups excluding tert-OH is 2. The van der Waals surface area contributed by atoms with Crippen LogP contribution in [0, 0.1) is 22.7 Å². The van der Waals surface area contributed by atoms with Crippen LogP contribution in [0.3, 0.4) is 0 Å². The molecule has 3 N–H and O–H groups in total. The molecular formula is C35H37F2NO7. The standard InChI is InChI=1S/C35H37F2NO7/c1-32-12-11-21(40)14-26(32)27(36)15-25-24-16-30-35(29(42)18-39,33(24,2)17-28(41)34(25,32)37)45-31(44-30)19-7-9-22(10-8-19)43-23-6-4-5-20(13-23)38-3/h4-14,24-25,27-28,30-31,38-39,41H,15-18H2,1-3H3/t24-,25-,27-,28-,30+,31?,32-,33-,34-,35+/m0/s1. The normalized spacial score (nSPS) is 41.4. The number of carbonyl (C=O) groups excluding carboxylic acids is 2. The van der Waals surface area contributed by atoms with E-state index in [1.165, 1.54) is 19.1 Å². The molecular weight excluding hydrogens is 584 g/mol. The Labute approximate surface area is 260 Å². The van der Waals surface area contributed by atoms with Gasteiger partial charge in [-0.15, -0.1) is 0 Å². The van der Waals surface area contributed by atoms with Gasteiger partial charge in [-0.1, -0.05) is 31.2 Å². The zero-order chi connectivity index (χ0) is 31.9. The molecule has 8 nitrogen and oxygen atoms in total. The summed E-state index contributed by atoms with van der Waals surface area (Å²) in [5.41, 5.74) is -5.17. The van der Waals surface area contributed by atoms with E-state index < -0.39 is 76.8 Å². The van der Waals surface area contributed by atoms with E-state index in [0.29, 0.717) is 17.1 Å². The number of allylic oxidation sites excluding steroid dienone is 4. The molecule has 2 aromatic rings. The number of rotatable bonds is 6. The minimum absolute atomic E-state index is 0.0328. The van der Waals surface area contributed by atoms with Gasteiger partial charge in [-0.05, 0) is 74.1 Å². The van der Waals surface area contributed by atoms with Crippen molar-refractivity contribution in [3.8, 4) is 11.5 Å². The highest BCUT2D eigenvalue weighted by Crippen LogP contribution is 2.72. The van der Waals surface area contributed by atoms with E-state index in [2.05, 4.69) is 5.32 Å². The Morgan fingerprint density at radius 1 is 1.11 bits per heavy atom. The van der Waals surface area contributed by atoms with Gasteiger partial charge < -0.3 is 29.7 Å². The number of benzene rings is 2. The molecule has 5 aliphatic rings. The minimum Gasteiger partial charge on any atom is -0.457 e. The topological polar surface area (TPSA) is 114 Å². The van der Waals surface area contributed by atoms with Gasteiger partial charge in [0.15, 0.2) is 29.1 Å². The molecule has 3 saturated carbocycles. The lowest BCUT2D eigenvalue weighted by atomic mass is 9.44. The van der Waals surface area contributed by atoms with E-state index in [9.17, 15) is 19.8 Å². The van der Waals surface area contributed by atoms with Crippen LogP contribution >= 0.6 is 0 Å². The fourth-order valence-corrected chi connectivity index (χ4v) is 9.26. The number of ether oxygens (including phenoxy) is 3. The zero-order valence-electron chi connectivity index (χ0n) is 25.3. The quantitative estimate of drug-likeness (QED) is 0.405. The Morgan fingerprint density at radius 3 is 2.58 bits per heavy atom. The Balaban J connectivity index is 1.20. The molecule has 1 unspecified atom stereocenters. The molecule has 10 atom stereocenters. The van der Waals surface area contributed by atoms with Crippen molar-refractivity contribution < 1.29 is 42.8 Å². The maximum Gasteiger partial charge on any atom is 0.193 e. The first-order valence-corrected chi connectivity index (χ1v) is 15.4. The number of halogens is 2. The number of hydrogen-bond donors (Lipinski definition) is 3. The van der Waals surface area contributed by atoms with Crippen LogP contribution in [0.4, 0.5) is 14.5 Å². The van der Waals surface area contributed by atoms with Gasteiger partial charge in [0.05, 0.1) is 12.2 Å². The molecule has 4 aliphatic carbocycles. The van der Waals surface area contributed by atoms with E-state index >= 15 is 8.78 Å². The van der Waals surface area contributed by atoms with Crippen LogP contribution < -0.4 is 10.1 Å². The molecule has 7 rings (SSSR count). The maximum absolute atomic E-state index is 17.6. The van der Waals surface area contributed by atoms with E-state index in [0.717, 1.165) is 11.8 Å². The first kappa shape index (κ1) is 30.2. The van der Waals surface area contributed by atoms with Crippen molar-refractivity contribution >= 4 is 17.3 Å². The van der Waals surface area contributed by atoms with E-state index in [-0.39, 0.29) is 24.8 Å². The van der Waals surface area contributed by atoms with Crippen molar-refractivity contribution in [1.29, 1.82) is 0 Å². The Morgan fingerprint density at radius 2 is 1.87 bits per heavy atom. The lowest BCUT2D eigenvalue weighted by Crippen LogP contribution is -2.70. The van der Waals surface area contributed by atoms with Gasteiger partial charge in [-0.25, -0.2) is 8.78 Å². The number of carbonyl (C=O) groups is 2. The third kappa shape index (κ3) is 4.01. The summed E-state index contributed by atoms with van der Waals surface area (Å²) in [7, 11) is 1.82. The van der Waals surface area contributed by atoms with Crippen molar-refractivity contribution in [1.82, 2.24) is 0 Å². The maximum atomic E-state index is 17.6. The molecule has 10 heteroatoms. The summed E-state index contributed by atoms with van der Waals surface area (Å²) in [5, 5.41) is 24.9. The average molecular weight is 622 g/mol. The van der Waals surface area contributed by atoms with Crippen LogP contribution in [-0.4, -0.2) is 65.1 Å². The highest BCUT2D eigenvalue weighted by Gasteiger charge is 2.80. The number of ketones is 2. The van der Waals surface area contributed by atoms with Crippen molar-refractivity contribution in [2.24, 2.45) is 22.7 Å². The van der Waals surface area contributed by atoms with Gasteiger partial charge >= 0.3 is 0 Å². The van der Waals surface area contributed by atoms with Crippen LogP contribution in [0.25, 0.3) is 0 Å². The molecule has 0 aromatic heterocycles. The van der Waals surface area contributed by atoms with Gasteiger partial charge in [0.2, 0.25) is 0 Å². The second-order valence-electron chi connectivity index (χ2n) is 13.4. The summed E-state index contributed by atoms with van der Waals surface area (Å²) < 4.78 is 52.3. The van der Waals surface area contributed by atoms with E-state index in [1.807, 2.05) is 31.3 Å². The third-order valence-corrected chi connectivity index (χ3v) is 11.4. The Hall–Kier alpha value is -3.44. The number of Topliss-reactive ketones (excluding diaryl/α,β-unsaturated/α-hetero) is 1. The molecule has 2 aromatic carbocycles. The molecule has 0 amide bonds. The van der Waals surface area contributed by atoms with Gasteiger partial charge in [0.1, 0.15) is 24.3 Å². The van der Waals surface area contributed by atoms with Gasteiger partial charge in [0.25, 0.3) is 0 Å². The van der Waals surface area contributed by atoms with Gasteiger partial charge in [0, 0.05) is 41.1 Å². The fraction of sp³-hybridized carbons (Fsp3) is 0.486. The molecule has 45 heavy (non-hydrogen) atoms. The van der Waals surface area contributed by atoms with E-state index in [4.69, 9.17) is 14.2 Å².